The number of rotatable bonds is 8. The van der Waals surface area contributed by atoms with E-state index in [-0.39, 0.29) is 18.4 Å². The fraction of sp³-hybridized carbons (Fsp3) is 0.867. The first-order valence-corrected chi connectivity index (χ1v) is 7.87. The second-order valence-corrected chi connectivity index (χ2v) is 5.54. The predicted molar refractivity (Wildman–Crippen MR) is 80.5 cm³/mol. The van der Waals surface area contributed by atoms with Crippen LogP contribution in [0.4, 0.5) is 0 Å². The molecule has 0 unspecified atom stereocenters. The molecule has 0 aromatic carbocycles. The molecule has 0 aromatic rings. The molecule has 0 spiro atoms. The van der Waals surface area contributed by atoms with Gasteiger partial charge in [0.2, 0.25) is 11.8 Å². The van der Waals surface area contributed by atoms with Gasteiger partial charge in [0, 0.05) is 39.6 Å². The number of hydrogen-bond donors (Lipinski definition) is 1. The fourth-order valence-corrected chi connectivity index (χ4v) is 2.38. The highest BCUT2D eigenvalue weighted by Gasteiger charge is 2.19. The van der Waals surface area contributed by atoms with Crippen LogP contribution in [0, 0.1) is 0 Å². The highest BCUT2D eigenvalue weighted by molar-refractivity contribution is 5.84. The number of carbonyl (C=O) groups excluding carboxylic acids is 2. The van der Waals surface area contributed by atoms with Crippen LogP contribution >= 0.6 is 0 Å². The average molecular weight is 283 g/mol. The van der Waals surface area contributed by atoms with Crippen molar-refractivity contribution in [1.29, 1.82) is 0 Å². The number of hydrogen-bond acceptors (Lipinski definition) is 3. The SMILES string of the molecule is CCCCCCCC(=O)N(C)CC(=O)N1CCNCC1. The lowest BCUT2D eigenvalue weighted by molar-refractivity contribution is -0.139. The summed E-state index contributed by atoms with van der Waals surface area (Å²) in [5.74, 6) is 0.151. The Balaban J connectivity index is 2.18. The Morgan fingerprint density at radius 2 is 1.75 bits per heavy atom. The number of likely N-dealkylation sites (N-methyl/N-ethyl adjacent to an activating group) is 1. The molecule has 0 radical (unpaired) electrons. The Bertz CT molecular complexity index is 301. The van der Waals surface area contributed by atoms with Crippen molar-refractivity contribution in [3.05, 3.63) is 0 Å². The molecular formula is C15H29N3O2. The molecule has 0 atom stereocenters. The van der Waals surface area contributed by atoms with Gasteiger partial charge >= 0.3 is 0 Å². The van der Waals surface area contributed by atoms with Gasteiger partial charge in [0.15, 0.2) is 0 Å². The summed E-state index contributed by atoms with van der Waals surface area (Å²) < 4.78 is 0. The molecule has 1 aliphatic heterocycles. The Hall–Kier alpha value is -1.10. The number of amides is 2. The summed E-state index contributed by atoms with van der Waals surface area (Å²) in [7, 11) is 1.73. The van der Waals surface area contributed by atoms with E-state index < -0.39 is 0 Å². The summed E-state index contributed by atoms with van der Waals surface area (Å²) in [6.45, 7) is 5.59. The minimum atomic E-state index is 0.0633. The van der Waals surface area contributed by atoms with Crippen molar-refractivity contribution in [3.8, 4) is 0 Å². The molecule has 0 bridgehead atoms. The van der Waals surface area contributed by atoms with E-state index in [2.05, 4.69) is 12.2 Å². The van der Waals surface area contributed by atoms with Crippen molar-refractivity contribution >= 4 is 11.8 Å². The number of piperazine rings is 1. The van der Waals surface area contributed by atoms with Crippen LogP contribution in [-0.2, 0) is 9.59 Å². The molecular weight excluding hydrogens is 254 g/mol. The van der Waals surface area contributed by atoms with Gasteiger partial charge < -0.3 is 15.1 Å². The summed E-state index contributed by atoms with van der Waals surface area (Å²) in [6.07, 6.45) is 6.27. The molecule has 1 rings (SSSR count). The van der Waals surface area contributed by atoms with Crippen LogP contribution in [0.1, 0.15) is 45.4 Å². The van der Waals surface area contributed by atoms with Gasteiger partial charge in [-0.3, -0.25) is 9.59 Å². The number of unbranched alkanes of at least 4 members (excludes halogenated alkanes) is 4. The van der Waals surface area contributed by atoms with Crippen LogP contribution in [0.25, 0.3) is 0 Å². The van der Waals surface area contributed by atoms with E-state index >= 15 is 0 Å². The molecule has 2 amide bonds. The third-order valence-electron chi connectivity index (χ3n) is 3.76. The topological polar surface area (TPSA) is 52.7 Å². The van der Waals surface area contributed by atoms with Gasteiger partial charge in [-0.2, -0.15) is 0 Å². The zero-order valence-corrected chi connectivity index (χ0v) is 13.0. The van der Waals surface area contributed by atoms with E-state index in [9.17, 15) is 9.59 Å². The van der Waals surface area contributed by atoms with Gasteiger partial charge in [0.1, 0.15) is 0 Å². The largest absolute Gasteiger partial charge is 0.339 e. The van der Waals surface area contributed by atoms with Crippen molar-refractivity contribution < 1.29 is 9.59 Å². The van der Waals surface area contributed by atoms with Gasteiger partial charge in [0.05, 0.1) is 6.54 Å². The maximum Gasteiger partial charge on any atom is 0.242 e. The van der Waals surface area contributed by atoms with E-state index in [0.717, 1.165) is 39.0 Å². The second kappa shape index (κ2) is 9.75. The van der Waals surface area contributed by atoms with Crippen LogP contribution in [0.3, 0.4) is 0 Å². The Labute approximate surface area is 122 Å². The Morgan fingerprint density at radius 3 is 2.40 bits per heavy atom. The number of nitrogens with zero attached hydrogens (tertiary/aromatic N) is 2. The van der Waals surface area contributed by atoms with E-state index in [1.807, 2.05) is 4.90 Å². The van der Waals surface area contributed by atoms with Gasteiger partial charge in [-0.1, -0.05) is 32.6 Å². The molecule has 1 saturated heterocycles. The lowest BCUT2D eigenvalue weighted by atomic mass is 10.1. The second-order valence-electron chi connectivity index (χ2n) is 5.54. The lowest BCUT2D eigenvalue weighted by Crippen LogP contribution is -2.49. The van der Waals surface area contributed by atoms with Crippen LogP contribution in [-0.4, -0.2) is 61.4 Å². The third-order valence-corrected chi connectivity index (χ3v) is 3.76. The molecule has 20 heavy (non-hydrogen) atoms. The zero-order chi connectivity index (χ0) is 14.8. The first kappa shape index (κ1) is 17.0. The van der Waals surface area contributed by atoms with Crippen LogP contribution < -0.4 is 5.32 Å². The standard InChI is InChI=1S/C15H29N3O2/c1-3-4-5-6-7-8-14(19)17(2)13-15(20)18-11-9-16-10-12-18/h16H,3-13H2,1-2H3. The molecule has 1 aliphatic rings. The van der Waals surface area contributed by atoms with Crippen molar-refractivity contribution in [2.75, 3.05) is 39.8 Å². The molecule has 1 heterocycles. The Morgan fingerprint density at radius 1 is 1.10 bits per heavy atom. The average Bonchev–Trinajstić information content (AvgIpc) is 2.47. The molecule has 5 nitrogen and oxygen atoms in total. The molecule has 0 saturated carbocycles. The normalized spacial score (nSPS) is 15.2. The minimum absolute atomic E-state index is 0.0633. The summed E-state index contributed by atoms with van der Waals surface area (Å²) in [4.78, 5) is 27.4. The van der Waals surface area contributed by atoms with Crippen molar-refractivity contribution in [1.82, 2.24) is 15.1 Å². The summed E-state index contributed by atoms with van der Waals surface area (Å²) in [6, 6.07) is 0. The van der Waals surface area contributed by atoms with Gasteiger partial charge in [0.25, 0.3) is 0 Å². The molecule has 5 heteroatoms. The lowest BCUT2D eigenvalue weighted by Gasteiger charge is -2.29. The molecule has 116 valence electrons. The number of carbonyl (C=O) groups is 2. The van der Waals surface area contributed by atoms with Crippen molar-refractivity contribution in [3.63, 3.8) is 0 Å². The van der Waals surface area contributed by atoms with Crippen molar-refractivity contribution in [2.45, 2.75) is 45.4 Å². The molecule has 1 N–H and O–H groups in total. The van der Waals surface area contributed by atoms with E-state index in [1.54, 1.807) is 11.9 Å². The highest BCUT2D eigenvalue weighted by atomic mass is 16.2. The van der Waals surface area contributed by atoms with Gasteiger partial charge in [-0.05, 0) is 6.42 Å². The predicted octanol–water partition coefficient (Wildman–Crippen LogP) is 1.24. The maximum absolute atomic E-state index is 12.0. The third kappa shape index (κ3) is 6.37. The monoisotopic (exact) mass is 283 g/mol. The van der Waals surface area contributed by atoms with Crippen molar-refractivity contribution in [2.24, 2.45) is 0 Å². The quantitative estimate of drug-likeness (QED) is 0.682. The molecule has 0 aromatic heterocycles. The molecule has 0 aliphatic carbocycles. The first-order chi connectivity index (χ1) is 9.65. The summed E-state index contributed by atoms with van der Waals surface area (Å²) in [5, 5.41) is 3.22. The van der Waals surface area contributed by atoms with E-state index in [1.165, 1.54) is 19.3 Å². The summed E-state index contributed by atoms with van der Waals surface area (Å²) in [5.41, 5.74) is 0. The van der Waals surface area contributed by atoms with Crippen LogP contribution in [0.15, 0.2) is 0 Å². The van der Waals surface area contributed by atoms with Crippen LogP contribution in [0.5, 0.6) is 0 Å². The highest BCUT2D eigenvalue weighted by Crippen LogP contribution is 2.06. The maximum atomic E-state index is 12.0. The number of nitrogens with one attached hydrogen (secondary N) is 1. The van der Waals surface area contributed by atoms with Gasteiger partial charge in [-0.15, -0.1) is 0 Å². The van der Waals surface area contributed by atoms with E-state index in [4.69, 9.17) is 0 Å². The molecule has 1 fully saturated rings. The zero-order valence-electron chi connectivity index (χ0n) is 13.0. The fourth-order valence-electron chi connectivity index (χ4n) is 2.38. The minimum Gasteiger partial charge on any atom is -0.339 e. The Kier molecular flexibility index (Phi) is 8.26. The van der Waals surface area contributed by atoms with Gasteiger partial charge in [-0.25, -0.2) is 0 Å². The summed E-state index contributed by atoms with van der Waals surface area (Å²) >= 11 is 0. The van der Waals surface area contributed by atoms with E-state index in [0.29, 0.717) is 6.42 Å². The van der Waals surface area contributed by atoms with Crippen LogP contribution in [0.2, 0.25) is 0 Å². The smallest absolute Gasteiger partial charge is 0.242 e. The first-order valence-electron chi connectivity index (χ1n) is 7.87.